The van der Waals surface area contributed by atoms with Crippen molar-refractivity contribution in [2.24, 2.45) is 0 Å². The minimum Gasteiger partial charge on any atom is -0.480 e. The molecular formula is C26H30N2O7. The molecule has 3 N–H and O–H groups in total. The number of aliphatic carboxylic acids is 1. The predicted octanol–water partition coefficient (Wildman–Crippen LogP) is 3.22. The number of nitrogens with one attached hydrogen (secondary N) is 2. The van der Waals surface area contributed by atoms with Crippen LogP contribution in [0.1, 0.15) is 50.2 Å². The van der Waals surface area contributed by atoms with Crippen LogP contribution in [0.3, 0.4) is 0 Å². The summed E-state index contributed by atoms with van der Waals surface area (Å²) in [5.41, 5.74) is 2.91. The van der Waals surface area contributed by atoms with Crippen LogP contribution in [0.2, 0.25) is 0 Å². The van der Waals surface area contributed by atoms with E-state index in [0.29, 0.717) is 0 Å². The van der Waals surface area contributed by atoms with Crippen molar-refractivity contribution in [2.75, 3.05) is 13.7 Å². The summed E-state index contributed by atoms with van der Waals surface area (Å²) in [4.78, 5) is 48.5. The smallest absolute Gasteiger partial charge is 0.408 e. The fourth-order valence-corrected chi connectivity index (χ4v) is 4.10. The number of esters is 1. The lowest BCUT2D eigenvalue weighted by Gasteiger charge is -2.29. The molecule has 186 valence electrons. The van der Waals surface area contributed by atoms with Gasteiger partial charge in [0, 0.05) is 12.3 Å². The molecule has 0 fully saturated rings. The first kappa shape index (κ1) is 25.7. The van der Waals surface area contributed by atoms with Crippen LogP contribution in [0.15, 0.2) is 48.5 Å². The van der Waals surface area contributed by atoms with Gasteiger partial charge in [0.1, 0.15) is 18.2 Å². The Morgan fingerprint density at radius 1 is 1.03 bits per heavy atom. The Morgan fingerprint density at radius 3 is 2.11 bits per heavy atom. The van der Waals surface area contributed by atoms with Crippen molar-refractivity contribution in [3.05, 3.63) is 59.7 Å². The molecule has 0 spiro atoms. The molecule has 1 aliphatic carbocycles. The van der Waals surface area contributed by atoms with Gasteiger partial charge in [-0.15, -0.1) is 0 Å². The zero-order valence-electron chi connectivity index (χ0n) is 20.0. The Kier molecular flexibility index (Phi) is 8.11. The molecule has 2 aromatic rings. The van der Waals surface area contributed by atoms with Crippen LogP contribution < -0.4 is 10.6 Å². The van der Waals surface area contributed by atoms with Crippen LogP contribution in [0, 0.1) is 0 Å². The van der Waals surface area contributed by atoms with Crippen molar-refractivity contribution >= 4 is 23.9 Å². The van der Waals surface area contributed by atoms with E-state index in [1.807, 2.05) is 48.5 Å². The van der Waals surface area contributed by atoms with E-state index in [2.05, 4.69) is 15.4 Å². The van der Waals surface area contributed by atoms with Gasteiger partial charge in [0.2, 0.25) is 5.91 Å². The van der Waals surface area contributed by atoms with E-state index in [-0.39, 0.29) is 31.8 Å². The monoisotopic (exact) mass is 482 g/mol. The third kappa shape index (κ3) is 5.79. The SMILES string of the molecule is CCC(C)(NC(=O)OCC1c2ccccc2-c2ccccc21)C(=O)N[C@H](CCC(=O)OC)C(=O)O. The molecule has 1 aliphatic rings. The topological polar surface area (TPSA) is 131 Å². The first-order chi connectivity index (χ1) is 16.7. The van der Waals surface area contributed by atoms with Crippen molar-refractivity contribution in [3.63, 3.8) is 0 Å². The van der Waals surface area contributed by atoms with Gasteiger partial charge in [-0.3, -0.25) is 9.59 Å². The lowest BCUT2D eigenvalue weighted by atomic mass is 9.97. The quantitative estimate of drug-likeness (QED) is 0.443. The number of carboxylic acids is 1. The number of alkyl carbamates (subject to hydrolysis) is 1. The minimum absolute atomic E-state index is 0.0815. The van der Waals surface area contributed by atoms with Crippen LogP contribution in [-0.4, -0.2) is 54.3 Å². The zero-order valence-corrected chi connectivity index (χ0v) is 20.0. The number of carbonyl (C=O) groups is 4. The van der Waals surface area contributed by atoms with Crippen LogP contribution in [0.25, 0.3) is 11.1 Å². The van der Waals surface area contributed by atoms with Crippen molar-refractivity contribution < 1.29 is 33.8 Å². The van der Waals surface area contributed by atoms with Crippen molar-refractivity contribution in [1.82, 2.24) is 10.6 Å². The Hall–Kier alpha value is -3.88. The normalized spacial score (nSPS) is 14.6. The van der Waals surface area contributed by atoms with Crippen LogP contribution in [0.4, 0.5) is 4.79 Å². The van der Waals surface area contributed by atoms with Crippen LogP contribution in [0.5, 0.6) is 0 Å². The minimum atomic E-state index is -1.42. The second-order valence-electron chi connectivity index (χ2n) is 8.62. The standard InChI is InChI=1S/C26H30N2O7/c1-4-26(2,24(32)27-21(23(30)31)13-14-22(29)34-3)28-25(33)35-15-20-18-11-7-5-9-16(18)17-10-6-8-12-19(17)20/h5-12,20-21H,4,13-15H2,1-3H3,(H,27,32)(H,28,33)(H,30,31)/t21-,26?/m1/s1. The molecule has 9 nitrogen and oxygen atoms in total. The van der Waals surface area contributed by atoms with Gasteiger partial charge in [0.05, 0.1) is 7.11 Å². The average molecular weight is 483 g/mol. The van der Waals surface area contributed by atoms with Gasteiger partial charge in [-0.2, -0.15) is 0 Å². The maximum atomic E-state index is 12.9. The second kappa shape index (κ2) is 11.0. The number of hydrogen-bond acceptors (Lipinski definition) is 6. The number of ether oxygens (including phenoxy) is 2. The van der Waals surface area contributed by atoms with Gasteiger partial charge in [-0.25, -0.2) is 9.59 Å². The number of fused-ring (bicyclic) bond motifs is 3. The summed E-state index contributed by atoms with van der Waals surface area (Å²) >= 11 is 0. The highest BCUT2D eigenvalue weighted by molar-refractivity contribution is 5.92. The molecule has 0 saturated carbocycles. The summed E-state index contributed by atoms with van der Waals surface area (Å²) in [6.07, 6.45) is -0.908. The third-order valence-electron chi connectivity index (χ3n) is 6.40. The van der Waals surface area contributed by atoms with E-state index < -0.39 is 35.5 Å². The Labute approximate surface area is 203 Å². The van der Waals surface area contributed by atoms with Gasteiger partial charge < -0.3 is 25.2 Å². The van der Waals surface area contributed by atoms with Crippen LogP contribution in [-0.2, 0) is 23.9 Å². The Balaban J connectivity index is 1.64. The van der Waals surface area contributed by atoms with Gasteiger partial charge in [-0.1, -0.05) is 55.5 Å². The van der Waals surface area contributed by atoms with Crippen LogP contribution >= 0.6 is 0 Å². The summed E-state index contributed by atoms with van der Waals surface area (Å²) in [6.45, 7) is 3.26. The number of hydrogen-bond donors (Lipinski definition) is 3. The number of carboxylic acid groups (broad SMARTS) is 1. The summed E-state index contributed by atoms with van der Waals surface area (Å²) in [6, 6.07) is 14.6. The molecule has 0 radical (unpaired) electrons. The highest BCUT2D eigenvalue weighted by Gasteiger charge is 2.37. The summed E-state index contributed by atoms with van der Waals surface area (Å²) < 4.78 is 10.0. The molecule has 0 heterocycles. The molecule has 0 aliphatic heterocycles. The molecule has 2 aromatic carbocycles. The average Bonchev–Trinajstić information content (AvgIpc) is 3.18. The second-order valence-corrected chi connectivity index (χ2v) is 8.62. The van der Waals surface area contributed by atoms with E-state index in [9.17, 15) is 24.3 Å². The maximum Gasteiger partial charge on any atom is 0.408 e. The largest absolute Gasteiger partial charge is 0.480 e. The van der Waals surface area contributed by atoms with E-state index >= 15 is 0 Å². The first-order valence-corrected chi connectivity index (χ1v) is 11.4. The highest BCUT2D eigenvalue weighted by Crippen LogP contribution is 2.44. The Morgan fingerprint density at radius 2 is 1.60 bits per heavy atom. The van der Waals surface area contributed by atoms with E-state index in [1.165, 1.54) is 14.0 Å². The summed E-state index contributed by atoms with van der Waals surface area (Å²) in [5, 5.41) is 14.4. The summed E-state index contributed by atoms with van der Waals surface area (Å²) in [5.74, 6) is -2.70. The number of carbonyl (C=O) groups excluding carboxylic acids is 3. The fourth-order valence-electron chi connectivity index (χ4n) is 4.10. The number of amides is 2. The van der Waals surface area contributed by atoms with E-state index in [0.717, 1.165) is 22.3 Å². The summed E-state index contributed by atoms with van der Waals surface area (Å²) in [7, 11) is 1.20. The molecule has 2 atom stereocenters. The van der Waals surface area contributed by atoms with Crippen molar-refractivity contribution in [1.29, 1.82) is 0 Å². The molecule has 9 heteroatoms. The van der Waals surface area contributed by atoms with Gasteiger partial charge in [-0.05, 0) is 42.0 Å². The molecule has 3 rings (SSSR count). The van der Waals surface area contributed by atoms with Crippen molar-refractivity contribution in [3.8, 4) is 11.1 Å². The molecular weight excluding hydrogens is 452 g/mol. The number of rotatable bonds is 10. The van der Waals surface area contributed by atoms with Crippen molar-refractivity contribution in [2.45, 2.75) is 50.6 Å². The molecule has 0 bridgehead atoms. The molecule has 0 aromatic heterocycles. The number of methoxy groups -OCH3 is 1. The Bertz CT molecular complexity index is 1070. The highest BCUT2D eigenvalue weighted by atomic mass is 16.5. The zero-order chi connectivity index (χ0) is 25.6. The van der Waals surface area contributed by atoms with Gasteiger partial charge in [0.15, 0.2) is 0 Å². The van der Waals surface area contributed by atoms with Gasteiger partial charge in [0.25, 0.3) is 0 Å². The lowest BCUT2D eigenvalue weighted by molar-refractivity contribution is -0.144. The fraction of sp³-hybridized carbons (Fsp3) is 0.385. The number of benzene rings is 2. The molecule has 2 amide bonds. The first-order valence-electron chi connectivity index (χ1n) is 11.4. The van der Waals surface area contributed by atoms with E-state index in [4.69, 9.17) is 4.74 Å². The lowest BCUT2D eigenvalue weighted by Crippen LogP contribution is -2.59. The molecule has 1 unspecified atom stereocenters. The predicted molar refractivity (Wildman–Crippen MR) is 128 cm³/mol. The van der Waals surface area contributed by atoms with Gasteiger partial charge >= 0.3 is 18.0 Å². The molecule has 35 heavy (non-hydrogen) atoms. The molecule has 0 saturated heterocycles. The third-order valence-corrected chi connectivity index (χ3v) is 6.40. The van der Waals surface area contributed by atoms with E-state index in [1.54, 1.807) is 6.92 Å². The maximum absolute atomic E-state index is 12.9.